The van der Waals surface area contributed by atoms with E-state index in [2.05, 4.69) is 12.2 Å². The average molecular weight is 307 g/mol. The van der Waals surface area contributed by atoms with Gasteiger partial charge in [0, 0.05) is 12.1 Å². The Kier molecular flexibility index (Phi) is 9.12. The Balaban J connectivity index is 2.44. The van der Waals surface area contributed by atoms with Gasteiger partial charge in [-0.3, -0.25) is 4.79 Å². The van der Waals surface area contributed by atoms with Crippen molar-refractivity contribution < 1.29 is 14.3 Å². The number of nitrogens with one attached hydrogen (secondary N) is 1. The quantitative estimate of drug-likeness (QED) is 0.624. The molecule has 22 heavy (non-hydrogen) atoms. The highest BCUT2D eigenvalue weighted by molar-refractivity contribution is 5.94. The van der Waals surface area contributed by atoms with Crippen LogP contribution in [-0.4, -0.2) is 26.2 Å². The zero-order valence-electron chi connectivity index (χ0n) is 14.1. The molecule has 0 heterocycles. The Hall–Kier alpha value is -1.71. The van der Waals surface area contributed by atoms with Gasteiger partial charge in [-0.1, -0.05) is 39.0 Å². The summed E-state index contributed by atoms with van der Waals surface area (Å²) in [5.74, 6) is 1.21. The van der Waals surface area contributed by atoms with Gasteiger partial charge in [0.15, 0.2) is 11.5 Å². The molecule has 1 rings (SSSR count). The highest BCUT2D eigenvalue weighted by Crippen LogP contribution is 2.28. The summed E-state index contributed by atoms with van der Waals surface area (Å²) < 4.78 is 11.1. The largest absolute Gasteiger partial charge is 0.493 e. The summed E-state index contributed by atoms with van der Waals surface area (Å²) in [5.41, 5.74) is 0.589. The Morgan fingerprint density at radius 1 is 1.05 bits per heavy atom. The molecule has 0 aliphatic rings. The van der Waals surface area contributed by atoms with Crippen LogP contribution in [0.2, 0.25) is 0 Å². The van der Waals surface area contributed by atoms with Crippen LogP contribution in [0.4, 0.5) is 0 Å². The maximum absolute atomic E-state index is 11.8. The molecule has 0 radical (unpaired) electrons. The molecule has 124 valence electrons. The fraction of sp³-hybridized carbons (Fsp3) is 0.611. The van der Waals surface area contributed by atoms with Crippen molar-refractivity contribution in [3.63, 3.8) is 0 Å². The SMILES string of the molecule is CCCCCCCCOc1ccc(C(=O)NCC)cc1OC. The molecule has 1 amide bonds. The van der Waals surface area contributed by atoms with Crippen molar-refractivity contribution in [3.8, 4) is 11.5 Å². The van der Waals surface area contributed by atoms with Crippen LogP contribution < -0.4 is 14.8 Å². The number of methoxy groups -OCH3 is 1. The zero-order valence-corrected chi connectivity index (χ0v) is 14.1. The van der Waals surface area contributed by atoms with Crippen LogP contribution in [-0.2, 0) is 0 Å². The first kappa shape index (κ1) is 18.3. The average Bonchev–Trinajstić information content (AvgIpc) is 2.54. The van der Waals surface area contributed by atoms with Crippen LogP contribution in [0.3, 0.4) is 0 Å². The topological polar surface area (TPSA) is 47.6 Å². The molecule has 0 unspecified atom stereocenters. The molecule has 0 aliphatic carbocycles. The van der Waals surface area contributed by atoms with Gasteiger partial charge in [-0.15, -0.1) is 0 Å². The molecule has 1 aromatic carbocycles. The molecule has 1 aromatic rings. The molecule has 1 N–H and O–H groups in total. The van der Waals surface area contributed by atoms with E-state index in [1.807, 2.05) is 6.92 Å². The van der Waals surface area contributed by atoms with Crippen molar-refractivity contribution in [2.75, 3.05) is 20.3 Å². The van der Waals surface area contributed by atoms with E-state index >= 15 is 0 Å². The van der Waals surface area contributed by atoms with Crippen LogP contribution >= 0.6 is 0 Å². The van der Waals surface area contributed by atoms with E-state index in [0.29, 0.717) is 30.2 Å². The van der Waals surface area contributed by atoms with Gasteiger partial charge >= 0.3 is 0 Å². The van der Waals surface area contributed by atoms with Crippen LogP contribution in [0.1, 0.15) is 62.7 Å². The summed E-state index contributed by atoms with van der Waals surface area (Å²) in [6.07, 6.45) is 7.40. The number of rotatable bonds is 11. The summed E-state index contributed by atoms with van der Waals surface area (Å²) in [4.78, 5) is 11.8. The number of hydrogen-bond donors (Lipinski definition) is 1. The maximum Gasteiger partial charge on any atom is 0.251 e. The normalized spacial score (nSPS) is 10.3. The van der Waals surface area contributed by atoms with Gasteiger partial charge in [0.2, 0.25) is 0 Å². The van der Waals surface area contributed by atoms with E-state index in [1.165, 1.54) is 32.1 Å². The summed E-state index contributed by atoms with van der Waals surface area (Å²) in [6, 6.07) is 5.30. The molecule has 4 nitrogen and oxygen atoms in total. The van der Waals surface area contributed by atoms with Crippen LogP contribution in [0.25, 0.3) is 0 Å². The lowest BCUT2D eigenvalue weighted by Gasteiger charge is -2.12. The second kappa shape index (κ2) is 10.9. The first-order valence-electron chi connectivity index (χ1n) is 8.32. The number of carbonyl (C=O) groups excluding carboxylic acids is 1. The fourth-order valence-electron chi connectivity index (χ4n) is 2.26. The van der Waals surface area contributed by atoms with Gasteiger partial charge in [-0.25, -0.2) is 0 Å². The van der Waals surface area contributed by atoms with Gasteiger partial charge in [-0.2, -0.15) is 0 Å². The van der Waals surface area contributed by atoms with E-state index in [4.69, 9.17) is 9.47 Å². The number of benzene rings is 1. The second-order valence-electron chi connectivity index (χ2n) is 5.34. The van der Waals surface area contributed by atoms with E-state index in [0.717, 1.165) is 6.42 Å². The second-order valence-corrected chi connectivity index (χ2v) is 5.34. The van der Waals surface area contributed by atoms with Crippen molar-refractivity contribution in [2.24, 2.45) is 0 Å². The lowest BCUT2D eigenvalue weighted by atomic mass is 10.1. The van der Waals surface area contributed by atoms with Gasteiger partial charge in [0.1, 0.15) is 0 Å². The predicted octanol–water partition coefficient (Wildman–Crippen LogP) is 4.18. The van der Waals surface area contributed by atoms with E-state index in [9.17, 15) is 4.79 Å². The van der Waals surface area contributed by atoms with Crippen molar-refractivity contribution in [1.29, 1.82) is 0 Å². The van der Waals surface area contributed by atoms with Crippen molar-refractivity contribution >= 4 is 5.91 Å². The van der Waals surface area contributed by atoms with E-state index < -0.39 is 0 Å². The predicted molar refractivity (Wildman–Crippen MR) is 89.9 cm³/mol. The maximum atomic E-state index is 11.8. The molecule has 0 saturated heterocycles. The highest BCUT2D eigenvalue weighted by Gasteiger charge is 2.10. The van der Waals surface area contributed by atoms with E-state index in [1.54, 1.807) is 25.3 Å². The monoisotopic (exact) mass is 307 g/mol. The first-order chi connectivity index (χ1) is 10.7. The van der Waals surface area contributed by atoms with Crippen LogP contribution in [0.5, 0.6) is 11.5 Å². The van der Waals surface area contributed by atoms with Gasteiger partial charge in [0.25, 0.3) is 5.91 Å². The Labute approximate surface area is 134 Å². The lowest BCUT2D eigenvalue weighted by Crippen LogP contribution is -2.22. The number of ether oxygens (including phenoxy) is 2. The summed E-state index contributed by atoms with van der Waals surface area (Å²) >= 11 is 0. The molecule has 0 fully saturated rings. The van der Waals surface area contributed by atoms with Crippen molar-refractivity contribution in [2.45, 2.75) is 52.4 Å². The first-order valence-corrected chi connectivity index (χ1v) is 8.32. The van der Waals surface area contributed by atoms with Crippen LogP contribution in [0.15, 0.2) is 18.2 Å². The number of carbonyl (C=O) groups is 1. The van der Waals surface area contributed by atoms with Crippen LogP contribution in [0, 0.1) is 0 Å². The number of unbranched alkanes of at least 4 members (excludes halogenated alkanes) is 5. The fourth-order valence-corrected chi connectivity index (χ4v) is 2.26. The minimum absolute atomic E-state index is 0.0942. The molecular formula is C18H29NO3. The third-order valence-corrected chi connectivity index (χ3v) is 3.52. The minimum atomic E-state index is -0.0942. The molecule has 0 aliphatic heterocycles. The Morgan fingerprint density at radius 3 is 2.45 bits per heavy atom. The number of amides is 1. The smallest absolute Gasteiger partial charge is 0.251 e. The molecule has 0 bridgehead atoms. The number of hydrogen-bond acceptors (Lipinski definition) is 3. The van der Waals surface area contributed by atoms with E-state index in [-0.39, 0.29) is 5.91 Å². The van der Waals surface area contributed by atoms with Gasteiger partial charge in [0.05, 0.1) is 13.7 Å². The lowest BCUT2D eigenvalue weighted by molar-refractivity contribution is 0.0955. The third kappa shape index (κ3) is 6.37. The molecule has 0 spiro atoms. The highest BCUT2D eigenvalue weighted by atomic mass is 16.5. The summed E-state index contributed by atoms with van der Waals surface area (Å²) in [5, 5.41) is 2.77. The van der Waals surface area contributed by atoms with Crippen molar-refractivity contribution in [3.05, 3.63) is 23.8 Å². The molecule has 0 aromatic heterocycles. The van der Waals surface area contributed by atoms with Gasteiger partial charge < -0.3 is 14.8 Å². The standard InChI is InChI=1S/C18H29NO3/c1-4-6-7-8-9-10-13-22-16-12-11-15(14-17(16)21-3)18(20)19-5-2/h11-12,14H,4-10,13H2,1-3H3,(H,19,20). The Bertz CT molecular complexity index is 446. The zero-order chi connectivity index (χ0) is 16.2. The minimum Gasteiger partial charge on any atom is -0.493 e. The van der Waals surface area contributed by atoms with Gasteiger partial charge in [-0.05, 0) is 31.5 Å². The third-order valence-electron chi connectivity index (χ3n) is 3.52. The molecular weight excluding hydrogens is 278 g/mol. The Morgan fingerprint density at radius 2 is 1.77 bits per heavy atom. The molecule has 0 atom stereocenters. The molecule has 0 saturated carbocycles. The molecule has 4 heteroatoms. The summed E-state index contributed by atoms with van der Waals surface area (Å²) in [7, 11) is 1.59. The summed E-state index contributed by atoms with van der Waals surface area (Å²) in [6.45, 7) is 5.41. The van der Waals surface area contributed by atoms with Crippen molar-refractivity contribution in [1.82, 2.24) is 5.32 Å².